The van der Waals surface area contributed by atoms with Crippen LogP contribution in [0.3, 0.4) is 0 Å². The molecule has 0 atom stereocenters. The third kappa shape index (κ3) is 4.39. The van der Waals surface area contributed by atoms with Gasteiger partial charge in [0.15, 0.2) is 0 Å². The van der Waals surface area contributed by atoms with Gasteiger partial charge in [-0.05, 0) is 48.7 Å². The lowest BCUT2D eigenvalue weighted by molar-refractivity contribution is -0.150. The molecule has 3 aromatic rings. The quantitative estimate of drug-likeness (QED) is 0.465. The Morgan fingerprint density at radius 2 is 2.13 bits per heavy atom. The van der Waals surface area contributed by atoms with Gasteiger partial charge in [-0.3, -0.25) is 14.6 Å². The van der Waals surface area contributed by atoms with Crippen LogP contribution in [0.4, 0.5) is 4.48 Å². The average Bonchev–Trinajstić information content (AvgIpc) is 3.04. The molecule has 1 aromatic carbocycles. The van der Waals surface area contributed by atoms with Gasteiger partial charge in [0.2, 0.25) is 0 Å². The normalized spacial score (nSPS) is 15.0. The van der Waals surface area contributed by atoms with E-state index in [2.05, 4.69) is 10.3 Å². The summed E-state index contributed by atoms with van der Waals surface area (Å²) in [7, 11) is 1.81. The standard InChI is InChI=1S/C21H21ClFN5O2S/c1-13-19(31-27-8-9-28(23)20(29)12-27)10-18(26(13)2)21(30)25-11-15-14-4-3-7-24-17(14)6-5-16(15)22/h3-7,10H,8-9,11-12H2,1-2H3,(H,25,30). The maximum Gasteiger partial charge on any atom is 0.268 e. The monoisotopic (exact) mass is 461 g/mol. The molecule has 1 aliphatic rings. The third-order valence-corrected chi connectivity index (χ3v) is 6.88. The zero-order valence-corrected chi connectivity index (χ0v) is 18.6. The van der Waals surface area contributed by atoms with E-state index < -0.39 is 5.91 Å². The second-order valence-corrected chi connectivity index (χ2v) is 8.80. The second kappa shape index (κ2) is 8.86. The fraction of sp³-hybridized carbons (Fsp3) is 0.286. The number of hydrogen-bond acceptors (Lipinski definition) is 5. The minimum absolute atomic E-state index is 0.00928. The van der Waals surface area contributed by atoms with Crippen molar-refractivity contribution in [1.29, 1.82) is 0 Å². The van der Waals surface area contributed by atoms with Crippen LogP contribution in [-0.2, 0) is 18.4 Å². The maximum atomic E-state index is 13.3. The summed E-state index contributed by atoms with van der Waals surface area (Å²) in [5.41, 5.74) is 3.00. The first-order valence-corrected chi connectivity index (χ1v) is 10.9. The van der Waals surface area contributed by atoms with Crippen molar-refractivity contribution in [3.63, 3.8) is 0 Å². The maximum absolute atomic E-state index is 13.3. The van der Waals surface area contributed by atoms with Crippen molar-refractivity contribution < 1.29 is 14.1 Å². The molecular formula is C21H21ClFN5O2S. The fourth-order valence-electron chi connectivity index (χ4n) is 3.46. The van der Waals surface area contributed by atoms with E-state index in [0.29, 0.717) is 17.3 Å². The largest absolute Gasteiger partial charge is 0.347 e. The molecule has 0 unspecified atom stereocenters. The number of piperazine rings is 1. The van der Waals surface area contributed by atoms with Gasteiger partial charge in [0, 0.05) is 47.3 Å². The van der Waals surface area contributed by atoms with Crippen molar-refractivity contribution in [2.75, 3.05) is 19.6 Å². The first-order valence-electron chi connectivity index (χ1n) is 9.71. The van der Waals surface area contributed by atoms with Gasteiger partial charge >= 0.3 is 0 Å². The highest BCUT2D eigenvalue weighted by Crippen LogP contribution is 2.30. The van der Waals surface area contributed by atoms with E-state index in [9.17, 15) is 14.1 Å². The lowest BCUT2D eigenvalue weighted by Crippen LogP contribution is -2.43. The van der Waals surface area contributed by atoms with Gasteiger partial charge < -0.3 is 9.88 Å². The molecule has 3 heterocycles. The van der Waals surface area contributed by atoms with Gasteiger partial charge in [0.1, 0.15) is 5.69 Å². The van der Waals surface area contributed by atoms with Crippen LogP contribution in [0.5, 0.6) is 0 Å². The molecule has 4 rings (SSSR count). The number of nitrogens with zero attached hydrogens (tertiary/aromatic N) is 4. The number of hydrogen-bond donors (Lipinski definition) is 1. The van der Waals surface area contributed by atoms with Crippen LogP contribution >= 0.6 is 23.5 Å². The van der Waals surface area contributed by atoms with Gasteiger partial charge in [-0.25, -0.2) is 4.31 Å². The molecule has 0 spiro atoms. The summed E-state index contributed by atoms with van der Waals surface area (Å²) in [4.78, 5) is 29.7. The molecule has 2 amide bonds. The summed E-state index contributed by atoms with van der Waals surface area (Å²) in [6, 6.07) is 9.17. The van der Waals surface area contributed by atoms with E-state index in [1.807, 2.05) is 32.2 Å². The Labute approximate surface area is 188 Å². The Morgan fingerprint density at radius 1 is 1.32 bits per heavy atom. The zero-order chi connectivity index (χ0) is 22.1. The minimum Gasteiger partial charge on any atom is -0.347 e. The number of halogens is 2. The molecular weight excluding hydrogens is 441 g/mol. The van der Waals surface area contributed by atoms with Crippen LogP contribution in [-0.4, -0.2) is 50.4 Å². The van der Waals surface area contributed by atoms with E-state index in [0.717, 1.165) is 27.1 Å². The van der Waals surface area contributed by atoms with Crippen molar-refractivity contribution in [3.8, 4) is 0 Å². The van der Waals surface area contributed by atoms with Crippen LogP contribution in [0.1, 0.15) is 21.7 Å². The highest BCUT2D eigenvalue weighted by molar-refractivity contribution is 7.97. The number of nitrogens with one attached hydrogen (secondary N) is 1. The molecule has 1 aliphatic heterocycles. The number of aromatic nitrogens is 2. The number of carbonyl (C=O) groups excluding carboxylic acids is 2. The van der Waals surface area contributed by atoms with Crippen LogP contribution in [0, 0.1) is 6.92 Å². The molecule has 10 heteroatoms. The lowest BCUT2D eigenvalue weighted by atomic mass is 10.1. The summed E-state index contributed by atoms with van der Waals surface area (Å²) < 4.78 is 16.9. The van der Waals surface area contributed by atoms with Crippen LogP contribution in [0.25, 0.3) is 10.9 Å². The van der Waals surface area contributed by atoms with Gasteiger partial charge in [-0.2, -0.15) is 5.12 Å². The summed E-state index contributed by atoms with van der Waals surface area (Å²) in [6.45, 7) is 2.60. The highest BCUT2D eigenvalue weighted by Gasteiger charge is 2.26. The lowest BCUT2D eigenvalue weighted by Gasteiger charge is -2.27. The van der Waals surface area contributed by atoms with Crippen LogP contribution in [0.2, 0.25) is 5.02 Å². The smallest absolute Gasteiger partial charge is 0.268 e. The van der Waals surface area contributed by atoms with Crippen LogP contribution in [0.15, 0.2) is 41.4 Å². The molecule has 0 aliphatic carbocycles. The predicted molar refractivity (Wildman–Crippen MR) is 118 cm³/mol. The van der Waals surface area contributed by atoms with E-state index >= 15 is 0 Å². The van der Waals surface area contributed by atoms with E-state index in [1.165, 1.54) is 11.9 Å². The highest BCUT2D eigenvalue weighted by atomic mass is 35.5. The van der Waals surface area contributed by atoms with Gasteiger partial charge in [-0.15, -0.1) is 0 Å². The zero-order valence-electron chi connectivity index (χ0n) is 17.1. The number of benzene rings is 1. The predicted octanol–water partition coefficient (Wildman–Crippen LogP) is 3.50. The first-order chi connectivity index (χ1) is 14.8. The Balaban J connectivity index is 1.49. The van der Waals surface area contributed by atoms with Crippen molar-refractivity contribution >= 4 is 46.3 Å². The van der Waals surface area contributed by atoms with Crippen molar-refractivity contribution in [1.82, 2.24) is 24.3 Å². The van der Waals surface area contributed by atoms with Gasteiger partial charge in [0.05, 0.1) is 18.6 Å². The second-order valence-electron chi connectivity index (χ2n) is 7.25. The average molecular weight is 462 g/mol. The molecule has 31 heavy (non-hydrogen) atoms. The number of pyridine rings is 1. The summed E-state index contributed by atoms with van der Waals surface area (Å²) >= 11 is 7.73. The Morgan fingerprint density at radius 3 is 2.90 bits per heavy atom. The van der Waals surface area contributed by atoms with Crippen molar-refractivity contribution in [2.24, 2.45) is 7.05 Å². The first kappa shape index (κ1) is 21.6. The number of amides is 2. The summed E-state index contributed by atoms with van der Waals surface area (Å²) in [5.74, 6) is -0.800. The van der Waals surface area contributed by atoms with E-state index in [4.69, 9.17) is 11.6 Å². The molecule has 7 nitrogen and oxygen atoms in total. The topological polar surface area (TPSA) is 70.5 Å². The van der Waals surface area contributed by atoms with Gasteiger partial charge in [-0.1, -0.05) is 22.1 Å². The molecule has 1 fully saturated rings. The van der Waals surface area contributed by atoms with Crippen molar-refractivity contribution in [3.05, 3.63) is 58.5 Å². The third-order valence-electron chi connectivity index (χ3n) is 5.34. The summed E-state index contributed by atoms with van der Waals surface area (Å²) in [6.07, 6.45) is 1.71. The molecule has 0 bridgehead atoms. The van der Waals surface area contributed by atoms with Gasteiger partial charge in [0.25, 0.3) is 11.8 Å². The Kier molecular flexibility index (Phi) is 6.17. The number of fused-ring (bicyclic) bond motifs is 1. The fourth-order valence-corrected chi connectivity index (χ4v) is 4.75. The number of carbonyl (C=O) groups is 2. The van der Waals surface area contributed by atoms with Crippen LogP contribution < -0.4 is 5.32 Å². The molecule has 162 valence electrons. The SMILES string of the molecule is Cc1c(SN2CCN(F)C(=O)C2)cc(C(=O)NCc2c(Cl)ccc3ncccc23)n1C. The van der Waals surface area contributed by atoms with Crippen molar-refractivity contribution in [2.45, 2.75) is 18.4 Å². The number of rotatable bonds is 5. The Hall–Kier alpha value is -2.62. The molecule has 1 N–H and O–H groups in total. The molecule has 1 saturated heterocycles. The molecule has 0 radical (unpaired) electrons. The summed E-state index contributed by atoms with van der Waals surface area (Å²) in [5, 5.41) is 4.64. The Bertz CT molecular complexity index is 1170. The minimum atomic E-state index is -0.563. The van der Waals surface area contributed by atoms with E-state index in [-0.39, 0.29) is 30.7 Å². The van der Waals surface area contributed by atoms with E-state index in [1.54, 1.807) is 27.2 Å². The molecule has 2 aromatic heterocycles. The molecule has 0 saturated carbocycles.